The Kier molecular flexibility index (Phi) is 7.13. The topological polar surface area (TPSA) is 119 Å². The fraction of sp³-hybridized carbons (Fsp3) is 0.292. The highest BCUT2D eigenvalue weighted by Crippen LogP contribution is 2.37. The van der Waals surface area contributed by atoms with Crippen molar-refractivity contribution in [1.29, 1.82) is 0 Å². The summed E-state index contributed by atoms with van der Waals surface area (Å²) < 4.78 is 27.7. The molecule has 2 N–H and O–H groups in total. The molecule has 0 atom stereocenters. The van der Waals surface area contributed by atoms with Crippen LogP contribution in [-0.4, -0.2) is 69.0 Å². The molecule has 10 nitrogen and oxygen atoms in total. The van der Waals surface area contributed by atoms with Gasteiger partial charge in [0.2, 0.25) is 0 Å². The second kappa shape index (κ2) is 10.3. The van der Waals surface area contributed by atoms with Gasteiger partial charge < -0.3 is 20.2 Å². The summed E-state index contributed by atoms with van der Waals surface area (Å²) in [5, 5.41) is 21.9. The van der Waals surface area contributed by atoms with Crippen molar-refractivity contribution in [3.63, 3.8) is 0 Å². The molecule has 37 heavy (non-hydrogen) atoms. The summed E-state index contributed by atoms with van der Waals surface area (Å²) in [5.41, 5.74) is 1.98. The number of aliphatic carboxylic acids is 1. The van der Waals surface area contributed by atoms with Crippen LogP contribution in [0.2, 0.25) is 10.0 Å². The Morgan fingerprint density at radius 2 is 1.65 bits per heavy atom. The summed E-state index contributed by atoms with van der Waals surface area (Å²) in [6, 6.07) is 12.8. The third kappa shape index (κ3) is 5.30. The molecule has 1 aromatic heterocycles. The first kappa shape index (κ1) is 25.5. The number of hydrogen-bond acceptors (Lipinski definition) is 8. The van der Waals surface area contributed by atoms with Gasteiger partial charge in [0.1, 0.15) is 6.54 Å². The minimum Gasteiger partial charge on any atom is -0.480 e. The second-order valence-corrected chi connectivity index (χ2v) is 11.4. The molecule has 2 aromatic carbocycles. The molecule has 0 spiro atoms. The van der Waals surface area contributed by atoms with Gasteiger partial charge in [0.15, 0.2) is 11.6 Å². The van der Waals surface area contributed by atoms with Crippen LogP contribution in [0.15, 0.2) is 53.4 Å². The van der Waals surface area contributed by atoms with Crippen LogP contribution in [0.3, 0.4) is 0 Å². The van der Waals surface area contributed by atoms with Gasteiger partial charge in [-0.25, -0.2) is 8.42 Å². The molecule has 5 rings (SSSR count). The van der Waals surface area contributed by atoms with Crippen molar-refractivity contribution in [2.24, 2.45) is 0 Å². The van der Waals surface area contributed by atoms with Crippen molar-refractivity contribution in [2.45, 2.75) is 11.3 Å². The molecule has 0 saturated carbocycles. The quantitative estimate of drug-likeness (QED) is 0.447. The number of anilines is 4. The largest absolute Gasteiger partial charge is 0.480 e. The molecule has 1 fully saturated rings. The molecule has 1 saturated heterocycles. The van der Waals surface area contributed by atoms with E-state index in [0.29, 0.717) is 18.8 Å². The van der Waals surface area contributed by atoms with Gasteiger partial charge >= 0.3 is 5.97 Å². The second-order valence-electron chi connectivity index (χ2n) is 8.71. The van der Waals surface area contributed by atoms with Crippen molar-refractivity contribution in [1.82, 2.24) is 15.5 Å². The van der Waals surface area contributed by atoms with E-state index < -0.39 is 22.5 Å². The molecule has 3 heterocycles. The Hall–Kier alpha value is -3.12. The summed E-state index contributed by atoms with van der Waals surface area (Å²) in [7, 11) is -4.25. The lowest BCUT2D eigenvalue weighted by molar-refractivity contribution is -0.135. The van der Waals surface area contributed by atoms with E-state index in [2.05, 4.69) is 20.4 Å². The van der Waals surface area contributed by atoms with Crippen LogP contribution in [0.25, 0.3) is 0 Å². The maximum absolute atomic E-state index is 13.4. The first-order valence-electron chi connectivity index (χ1n) is 11.6. The molecule has 0 radical (unpaired) electrons. The average molecular weight is 563 g/mol. The van der Waals surface area contributed by atoms with Gasteiger partial charge in [-0.3, -0.25) is 9.10 Å². The fourth-order valence-electron chi connectivity index (χ4n) is 4.55. The summed E-state index contributed by atoms with van der Waals surface area (Å²) in [5.74, 6) is 0.225. The monoisotopic (exact) mass is 562 g/mol. The molecule has 13 heteroatoms. The predicted octanol–water partition coefficient (Wildman–Crippen LogP) is 3.17. The molecule has 2 aliphatic heterocycles. The smallest absolute Gasteiger partial charge is 0.324 e. The Bertz CT molecular complexity index is 1410. The summed E-state index contributed by atoms with van der Waals surface area (Å²) in [6.07, 6.45) is 0.633. The van der Waals surface area contributed by atoms with E-state index in [1.165, 1.54) is 18.2 Å². The number of piperazine rings is 1. The number of aromatic nitrogens is 2. The number of halogens is 2. The van der Waals surface area contributed by atoms with E-state index in [9.17, 15) is 18.3 Å². The zero-order valence-electron chi connectivity index (χ0n) is 19.6. The van der Waals surface area contributed by atoms with Crippen LogP contribution in [0.1, 0.15) is 5.56 Å². The molecule has 2 aliphatic rings. The number of benzene rings is 2. The molecular formula is C24H24Cl2N6O4S. The van der Waals surface area contributed by atoms with Gasteiger partial charge in [0.05, 0.1) is 10.6 Å². The number of carboxylic acid groups (broad SMARTS) is 1. The van der Waals surface area contributed by atoms with Crippen molar-refractivity contribution in [3.05, 3.63) is 64.1 Å². The van der Waals surface area contributed by atoms with Crippen LogP contribution in [-0.2, 0) is 21.2 Å². The first-order chi connectivity index (χ1) is 17.7. The number of nitrogens with zero attached hydrogens (tertiary/aromatic N) is 5. The minimum absolute atomic E-state index is 0.134. The minimum atomic E-state index is -4.25. The van der Waals surface area contributed by atoms with Crippen molar-refractivity contribution >= 4 is 62.2 Å². The maximum atomic E-state index is 13.4. The Morgan fingerprint density at radius 1 is 0.973 bits per heavy atom. The molecule has 194 valence electrons. The number of hydrogen-bond donors (Lipinski definition) is 2. The molecular weight excluding hydrogens is 539 g/mol. The average Bonchev–Trinajstić information content (AvgIpc) is 3.30. The Balaban J connectivity index is 1.43. The van der Waals surface area contributed by atoms with Gasteiger partial charge in [0.25, 0.3) is 10.0 Å². The van der Waals surface area contributed by atoms with Crippen LogP contribution >= 0.6 is 23.2 Å². The van der Waals surface area contributed by atoms with Gasteiger partial charge in [-0.15, -0.1) is 10.2 Å². The highest BCUT2D eigenvalue weighted by atomic mass is 35.5. The Labute approximate surface area is 224 Å². The van der Waals surface area contributed by atoms with Crippen LogP contribution < -0.4 is 19.4 Å². The molecule has 0 bridgehead atoms. The number of nitrogens with one attached hydrogen (secondary N) is 1. The number of carboxylic acids is 1. The number of fused-ring (bicyclic) bond motifs is 1. The van der Waals surface area contributed by atoms with Crippen molar-refractivity contribution in [3.8, 4) is 0 Å². The molecule has 0 unspecified atom stereocenters. The summed E-state index contributed by atoms with van der Waals surface area (Å²) >= 11 is 12.0. The van der Waals surface area contributed by atoms with E-state index in [4.69, 9.17) is 23.2 Å². The van der Waals surface area contributed by atoms with Gasteiger partial charge in [-0.2, -0.15) is 0 Å². The molecule has 3 aromatic rings. The van der Waals surface area contributed by atoms with Crippen molar-refractivity contribution < 1.29 is 18.3 Å². The van der Waals surface area contributed by atoms with Gasteiger partial charge in [-0.05, 0) is 60.5 Å². The van der Waals surface area contributed by atoms with E-state index in [1.807, 2.05) is 17.0 Å². The Morgan fingerprint density at radius 3 is 2.30 bits per heavy atom. The number of rotatable bonds is 7. The van der Waals surface area contributed by atoms with Crippen LogP contribution in [0, 0.1) is 0 Å². The summed E-state index contributed by atoms with van der Waals surface area (Å²) in [4.78, 5) is 15.6. The zero-order chi connectivity index (χ0) is 26.2. The predicted molar refractivity (Wildman–Crippen MR) is 143 cm³/mol. The van der Waals surface area contributed by atoms with E-state index in [1.54, 1.807) is 18.2 Å². The van der Waals surface area contributed by atoms with E-state index in [0.717, 1.165) is 47.6 Å². The fourth-order valence-corrected chi connectivity index (χ4v) is 6.68. The summed E-state index contributed by atoms with van der Waals surface area (Å²) in [6.45, 7) is 3.44. The normalized spacial score (nSPS) is 15.5. The lowest BCUT2D eigenvalue weighted by Gasteiger charge is -2.28. The third-order valence-corrected chi connectivity index (χ3v) is 8.49. The zero-order valence-corrected chi connectivity index (χ0v) is 22.0. The number of sulfonamides is 1. The van der Waals surface area contributed by atoms with E-state index in [-0.39, 0.29) is 20.6 Å². The van der Waals surface area contributed by atoms with Crippen molar-refractivity contribution in [2.75, 3.05) is 53.4 Å². The highest BCUT2D eigenvalue weighted by molar-refractivity contribution is 7.92. The maximum Gasteiger partial charge on any atom is 0.324 e. The lowest BCUT2D eigenvalue weighted by Crippen LogP contribution is -2.44. The third-order valence-electron chi connectivity index (χ3n) is 6.30. The number of carbonyl (C=O) groups is 1. The van der Waals surface area contributed by atoms with E-state index >= 15 is 0 Å². The standard InChI is InChI=1S/C24H24Cl2N6O4S/c25-17-12-18(26)14-20(13-17)37(35,36)32(15-24(33)34)19-1-2-21-16(11-19)5-8-31(21)23-4-3-22(28-29-23)30-9-6-27-7-10-30/h1-4,11-14,27H,5-10,15H2,(H,33,34). The van der Waals surface area contributed by atoms with Crippen LogP contribution in [0.5, 0.6) is 0 Å². The highest BCUT2D eigenvalue weighted by Gasteiger charge is 2.30. The van der Waals surface area contributed by atoms with Crippen LogP contribution in [0.4, 0.5) is 23.0 Å². The van der Waals surface area contributed by atoms with Gasteiger partial charge in [-0.1, -0.05) is 23.2 Å². The molecule has 0 amide bonds. The van der Waals surface area contributed by atoms with Gasteiger partial charge in [0, 0.05) is 48.5 Å². The first-order valence-corrected chi connectivity index (χ1v) is 13.8. The lowest BCUT2D eigenvalue weighted by atomic mass is 10.1. The molecule has 0 aliphatic carbocycles. The SMILES string of the molecule is O=C(O)CN(c1ccc2c(c1)CCN2c1ccc(N2CCNCC2)nn1)S(=O)(=O)c1cc(Cl)cc(Cl)c1.